The van der Waals surface area contributed by atoms with E-state index >= 15 is 0 Å². The smallest absolute Gasteiger partial charge is 0.254 e. The van der Waals surface area contributed by atoms with Crippen LogP contribution < -0.4 is 9.64 Å². The molecule has 0 saturated carbocycles. The molecule has 0 N–H and O–H groups in total. The Balaban J connectivity index is 1.74. The van der Waals surface area contributed by atoms with Gasteiger partial charge >= 0.3 is 0 Å². The maximum atomic E-state index is 12.7. The fourth-order valence-corrected chi connectivity index (χ4v) is 2.84. The lowest BCUT2D eigenvalue weighted by Crippen LogP contribution is -2.39. The summed E-state index contributed by atoms with van der Waals surface area (Å²) >= 11 is 0. The van der Waals surface area contributed by atoms with E-state index in [-0.39, 0.29) is 18.4 Å². The van der Waals surface area contributed by atoms with Crippen LogP contribution in [-0.4, -0.2) is 43.5 Å². The van der Waals surface area contributed by atoms with Gasteiger partial charge in [-0.25, -0.2) is 0 Å². The van der Waals surface area contributed by atoms with Gasteiger partial charge in [0, 0.05) is 24.3 Å². The number of hydrogen-bond acceptors (Lipinski definition) is 3. The lowest BCUT2D eigenvalue weighted by atomic mass is 10.2. The molecular weight excluding hydrogens is 304 g/mol. The summed E-state index contributed by atoms with van der Waals surface area (Å²) in [5.74, 6) is 0.523. The molecule has 0 radical (unpaired) electrons. The van der Waals surface area contributed by atoms with Crippen molar-refractivity contribution in [1.29, 1.82) is 0 Å². The number of rotatable bonds is 3. The molecule has 1 aliphatic rings. The van der Waals surface area contributed by atoms with Crippen molar-refractivity contribution in [2.45, 2.75) is 6.42 Å². The molecule has 2 amide bonds. The Labute approximate surface area is 141 Å². The van der Waals surface area contributed by atoms with Gasteiger partial charge in [-0.15, -0.1) is 0 Å². The van der Waals surface area contributed by atoms with E-state index in [9.17, 15) is 9.59 Å². The van der Waals surface area contributed by atoms with Crippen molar-refractivity contribution in [1.82, 2.24) is 4.90 Å². The van der Waals surface area contributed by atoms with Gasteiger partial charge in [-0.3, -0.25) is 9.59 Å². The highest BCUT2D eigenvalue weighted by Crippen LogP contribution is 2.18. The van der Waals surface area contributed by atoms with Crippen LogP contribution in [0.15, 0.2) is 54.6 Å². The predicted octanol–water partition coefficient (Wildman–Crippen LogP) is 2.57. The summed E-state index contributed by atoms with van der Waals surface area (Å²) in [7, 11) is 1.59. The van der Waals surface area contributed by atoms with Crippen molar-refractivity contribution in [2.24, 2.45) is 0 Å². The Morgan fingerprint density at radius 3 is 2.38 bits per heavy atom. The number of carbonyl (C=O) groups excluding carboxylic acids is 2. The van der Waals surface area contributed by atoms with Crippen molar-refractivity contribution >= 4 is 17.5 Å². The first-order chi connectivity index (χ1) is 11.7. The van der Waals surface area contributed by atoms with Gasteiger partial charge in [0.05, 0.1) is 7.11 Å². The van der Waals surface area contributed by atoms with Gasteiger partial charge in [-0.1, -0.05) is 18.2 Å². The van der Waals surface area contributed by atoms with E-state index in [1.165, 1.54) is 0 Å². The first-order valence-electron chi connectivity index (χ1n) is 7.98. The SMILES string of the molecule is COc1ccc(C(=O)N2CCCN(c3ccccc3)C(=O)C2)cc1. The molecule has 5 nitrogen and oxygen atoms in total. The topological polar surface area (TPSA) is 49.9 Å². The first kappa shape index (κ1) is 16.1. The van der Waals surface area contributed by atoms with Gasteiger partial charge in [-0.05, 0) is 42.8 Å². The largest absolute Gasteiger partial charge is 0.497 e. The highest BCUT2D eigenvalue weighted by Gasteiger charge is 2.26. The number of benzene rings is 2. The van der Waals surface area contributed by atoms with Crippen molar-refractivity contribution in [3.8, 4) is 5.75 Å². The Hall–Kier alpha value is -2.82. The summed E-state index contributed by atoms with van der Waals surface area (Å²) in [4.78, 5) is 28.6. The molecule has 2 aromatic carbocycles. The van der Waals surface area contributed by atoms with Gasteiger partial charge in [0.1, 0.15) is 12.3 Å². The van der Waals surface area contributed by atoms with Crippen molar-refractivity contribution in [3.05, 3.63) is 60.2 Å². The zero-order chi connectivity index (χ0) is 16.9. The Bertz CT molecular complexity index is 713. The van der Waals surface area contributed by atoms with E-state index in [2.05, 4.69) is 0 Å². The first-order valence-corrected chi connectivity index (χ1v) is 7.98. The minimum absolute atomic E-state index is 0.0550. The molecule has 0 bridgehead atoms. The molecule has 2 aromatic rings. The van der Waals surface area contributed by atoms with Gasteiger partial charge in [0.2, 0.25) is 5.91 Å². The minimum Gasteiger partial charge on any atom is -0.497 e. The molecule has 3 rings (SSSR count). The quantitative estimate of drug-likeness (QED) is 0.872. The van der Waals surface area contributed by atoms with Crippen LogP contribution in [0.2, 0.25) is 0 Å². The number of methoxy groups -OCH3 is 1. The highest BCUT2D eigenvalue weighted by atomic mass is 16.5. The monoisotopic (exact) mass is 324 g/mol. The molecule has 1 heterocycles. The molecule has 0 atom stereocenters. The van der Waals surface area contributed by atoms with Crippen LogP contribution >= 0.6 is 0 Å². The lowest BCUT2D eigenvalue weighted by Gasteiger charge is -2.22. The molecule has 1 aliphatic heterocycles. The Morgan fingerprint density at radius 1 is 1.00 bits per heavy atom. The van der Waals surface area contributed by atoms with Crippen LogP contribution in [0.1, 0.15) is 16.8 Å². The van der Waals surface area contributed by atoms with Crippen molar-refractivity contribution in [3.63, 3.8) is 0 Å². The average molecular weight is 324 g/mol. The Morgan fingerprint density at radius 2 is 1.71 bits per heavy atom. The van der Waals surface area contributed by atoms with E-state index < -0.39 is 0 Å². The standard InChI is InChI=1S/C19H20N2O3/c1-24-17-10-8-15(9-11-17)19(23)20-12-5-13-21(18(22)14-20)16-6-3-2-4-7-16/h2-4,6-11H,5,12-14H2,1H3. The van der Waals surface area contributed by atoms with E-state index in [0.717, 1.165) is 12.1 Å². The number of carbonyl (C=O) groups is 2. The van der Waals surface area contributed by atoms with Crippen LogP contribution in [0.3, 0.4) is 0 Å². The third-order valence-electron chi connectivity index (χ3n) is 4.13. The molecular formula is C19H20N2O3. The second-order valence-corrected chi connectivity index (χ2v) is 5.69. The fraction of sp³-hybridized carbons (Fsp3) is 0.263. The highest BCUT2D eigenvalue weighted by molar-refractivity contribution is 6.00. The molecule has 1 fully saturated rings. The third-order valence-corrected chi connectivity index (χ3v) is 4.13. The molecule has 0 unspecified atom stereocenters. The fourth-order valence-electron chi connectivity index (χ4n) is 2.84. The van der Waals surface area contributed by atoms with Gasteiger partial charge in [0.25, 0.3) is 5.91 Å². The minimum atomic E-state index is -0.124. The summed E-state index contributed by atoms with van der Waals surface area (Å²) in [6.07, 6.45) is 0.753. The lowest BCUT2D eigenvalue weighted by molar-refractivity contribution is -0.118. The van der Waals surface area contributed by atoms with Crippen molar-refractivity contribution in [2.75, 3.05) is 31.6 Å². The summed E-state index contributed by atoms with van der Waals surface area (Å²) < 4.78 is 5.11. The summed E-state index contributed by atoms with van der Waals surface area (Å²) in [6.45, 7) is 1.29. The molecule has 0 aliphatic carbocycles. The normalized spacial score (nSPS) is 15.1. The number of nitrogens with zero attached hydrogens (tertiary/aromatic N) is 2. The van der Waals surface area contributed by atoms with Crippen LogP contribution in [-0.2, 0) is 4.79 Å². The second kappa shape index (κ2) is 7.17. The molecule has 0 aromatic heterocycles. The maximum absolute atomic E-state index is 12.7. The summed E-state index contributed by atoms with van der Waals surface area (Å²) in [5.41, 5.74) is 1.44. The number of para-hydroxylation sites is 1. The van der Waals surface area contributed by atoms with E-state index in [4.69, 9.17) is 4.74 Å². The molecule has 124 valence electrons. The summed E-state index contributed by atoms with van der Waals surface area (Å²) in [5, 5.41) is 0. The van der Waals surface area contributed by atoms with Crippen LogP contribution in [0.25, 0.3) is 0 Å². The molecule has 0 spiro atoms. The van der Waals surface area contributed by atoms with Crippen LogP contribution in [0, 0.1) is 0 Å². The second-order valence-electron chi connectivity index (χ2n) is 5.69. The molecule has 1 saturated heterocycles. The number of anilines is 1. The van der Waals surface area contributed by atoms with Crippen LogP contribution in [0.4, 0.5) is 5.69 Å². The number of amides is 2. The van der Waals surface area contributed by atoms with Crippen LogP contribution in [0.5, 0.6) is 5.75 Å². The zero-order valence-electron chi connectivity index (χ0n) is 13.6. The van der Waals surface area contributed by atoms with Gasteiger partial charge in [-0.2, -0.15) is 0 Å². The average Bonchev–Trinajstić information content (AvgIpc) is 2.83. The number of hydrogen-bond donors (Lipinski definition) is 0. The van der Waals surface area contributed by atoms with Crippen molar-refractivity contribution < 1.29 is 14.3 Å². The third kappa shape index (κ3) is 3.40. The predicted molar refractivity (Wildman–Crippen MR) is 92.3 cm³/mol. The maximum Gasteiger partial charge on any atom is 0.254 e. The zero-order valence-corrected chi connectivity index (χ0v) is 13.6. The van der Waals surface area contributed by atoms with Gasteiger partial charge < -0.3 is 14.5 Å². The summed E-state index contributed by atoms with van der Waals surface area (Å²) in [6, 6.07) is 16.5. The number of ether oxygens (including phenoxy) is 1. The molecule has 24 heavy (non-hydrogen) atoms. The van der Waals surface area contributed by atoms with Gasteiger partial charge in [0.15, 0.2) is 0 Å². The van der Waals surface area contributed by atoms with E-state index in [1.54, 1.807) is 41.2 Å². The van der Waals surface area contributed by atoms with E-state index in [0.29, 0.717) is 24.4 Å². The Kier molecular flexibility index (Phi) is 4.79. The molecule has 5 heteroatoms. The van der Waals surface area contributed by atoms with E-state index in [1.807, 2.05) is 30.3 Å².